The molecular formula is C54H102N2O5. The molecule has 0 saturated heterocycles. The zero-order chi connectivity index (χ0) is 44.9. The Morgan fingerprint density at radius 3 is 1.18 bits per heavy atom. The lowest BCUT2D eigenvalue weighted by Crippen LogP contribution is -2.49. The number of amides is 1. The van der Waals surface area contributed by atoms with E-state index in [0.29, 0.717) is 19.4 Å². The van der Waals surface area contributed by atoms with E-state index in [0.717, 1.165) is 96.4 Å². The molecule has 0 N–H and O–H groups in total. The zero-order valence-electron chi connectivity index (χ0n) is 41.5. The summed E-state index contributed by atoms with van der Waals surface area (Å²) in [7, 11) is 4.08. The summed E-state index contributed by atoms with van der Waals surface area (Å²) in [6, 6.07) is -0.490. The van der Waals surface area contributed by atoms with Crippen LogP contribution in [0.4, 0.5) is 0 Å². The number of ether oxygens (including phenoxy) is 2. The van der Waals surface area contributed by atoms with Crippen molar-refractivity contribution in [3.05, 3.63) is 24.3 Å². The van der Waals surface area contributed by atoms with E-state index in [1.165, 1.54) is 122 Å². The molecule has 0 spiro atoms. The van der Waals surface area contributed by atoms with Gasteiger partial charge in [0.15, 0.2) is 0 Å². The topological polar surface area (TPSA) is 76.2 Å². The molecule has 0 aromatic carbocycles. The van der Waals surface area contributed by atoms with Gasteiger partial charge >= 0.3 is 11.9 Å². The third kappa shape index (κ3) is 39.2. The standard InChI is InChI=1S/C54H102N2O5/c1-7-11-14-17-19-21-23-25-27-29-31-33-35-37-40-44-52(57)60-48-51(56(47-42-46-55(5)6)54(59)50(10-4)43-39-16-13-9-3)49-61-53(58)45-41-38-36-34-32-30-28-26-24-22-20-18-15-12-8-2/h25-28,50-51H,7-24,29-49H2,1-6H3/b27-25-,28-26-. The van der Waals surface area contributed by atoms with E-state index >= 15 is 0 Å². The lowest BCUT2D eigenvalue weighted by molar-refractivity contribution is -0.156. The first-order valence-corrected chi connectivity index (χ1v) is 26.4. The van der Waals surface area contributed by atoms with Gasteiger partial charge < -0.3 is 19.3 Å². The molecule has 0 bridgehead atoms. The predicted octanol–water partition coefficient (Wildman–Crippen LogP) is 15.3. The SMILES string of the molecule is CCCCCCCC/C=C\CCCCCCCC(=O)OCC(COC(=O)CCCCCCC/C=C\CCCCCCCC)N(CCCN(C)C)C(=O)C(CC)CCCCCC. The molecule has 0 aliphatic rings. The lowest BCUT2D eigenvalue weighted by Gasteiger charge is -2.34. The third-order valence-corrected chi connectivity index (χ3v) is 12.1. The first-order chi connectivity index (χ1) is 29.8. The van der Waals surface area contributed by atoms with Crippen molar-refractivity contribution in [3.8, 4) is 0 Å². The van der Waals surface area contributed by atoms with Gasteiger partial charge in [-0.2, -0.15) is 0 Å². The molecule has 7 heteroatoms. The molecule has 0 aliphatic heterocycles. The Balaban J connectivity index is 5.00. The molecule has 7 nitrogen and oxygen atoms in total. The van der Waals surface area contributed by atoms with Gasteiger partial charge in [0, 0.05) is 25.3 Å². The average molecular weight is 859 g/mol. The van der Waals surface area contributed by atoms with E-state index in [1.54, 1.807) is 0 Å². The summed E-state index contributed by atoms with van der Waals surface area (Å²) >= 11 is 0. The number of hydrogen-bond acceptors (Lipinski definition) is 6. The molecule has 0 aromatic heterocycles. The third-order valence-electron chi connectivity index (χ3n) is 12.1. The van der Waals surface area contributed by atoms with Crippen LogP contribution in [-0.4, -0.2) is 74.1 Å². The van der Waals surface area contributed by atoms with Gasteiger partial charge in [-0.25, -0.2) is 0 Å². The maximum absolute atomic E-state index is 14.2. The minimum atomic E-state index is -0.490. The Morgan fingerprint density at radius 1 is 0.443 bits per heavy atom. The highest BCUT2D eigenvalue weighted by atomic mass is 16.5. The predicted molar refractivity (Wildman–Crippen MR) is 262 cm³/mol. The molecule has 0 rings (SSSR count). The second kappa shape index (κ2) is 45.9. The van der Waals surface area contributed by atoms with Crippen LogP contribution in [0, 0.1) is 5.92 Å². The van der Waals surface area contributed by atoms with Crippen molar-refractivity contribution < 1.29 is 23.9 Å². The monoisotopic (exact) mass is 859 g/mol. The fourth-order valence-electron chi connectivity index (χ4n) is 8.02. The molecular weight excluding hydrogens is 757 g/mol. The van der Waals surface area contributed by atoms with E-state index in [1.807, 2.05) is 19.0 Å². The molecule has 0 saturated carbocycles. The van der Waals surface area contributed by atoms with Gasteiger partial charge in [0.2, 0.25) is 5.91 Å². The summed E-state index contributed by atoms with van der Waals surface area (Å²) in [5, 5.41) is 0. The molecule has 0 fully saturated rings. The normalized spacial score (nSPS) is 12.3. The van der Waals surface area contributed by atoms with Crippen LogP contribution in [0.2, 0.25) is 0 Å². The highest BCUT2D eigenvalue weighted by Crippen LogP contribution is 2.21. The van der Waals surface area contributed by atoms with Crippen LogP contribution in [0.15, 0.2) is 24.3 Å². The molecule has 0 aliphatic carbocycles. The highest BCUT2D eigenvalue weighted by molar-refractivity contribution is 5.79. The maximum atomic E-state index is 14.2. The molecule has 358 valence electrons. The number of allylic oxidation sites excluding steroid dienone is 4. The van der Waals surface area contributed by atoms with Crippen molar-refractivity contribution in [1.82, 2.24) is 9.80 Å². The Hall–Kier alpha value is -2.15. The second-order valence-corrected chi connectivity index (χ2v) is 18.3. The van der Waals surface area contributed by atoms with Gasteiger partial charge in [-0.1, -0.05) is 180 Å². The summed E-state index contributed by atoms with van der Waals surface area (Å²) in [4.78, 5) is 44.3. The quantitative estimate of drug-likeness (QED) is 0.0345. The van der Waals surface area contributed by atoms with Gasteiger partial charge in [0.25, 0.3) is 0 Å². The minimum Gasteiger partial charge on any atom is -0.463 e. The first-order valence-electron chi connectivity index (χ1n) is 26.4. The lowest BCUT2D eigenvalue weighted by atomic mass is 9.96. The summed E-state index contributed by atoms with van der Waals surface area (Å²) in [5.74, 6) is -0.440. The van der Waals surface area contributed by atoms with Crippen LogP contribution < -0.4 is 0 Å². The Kier molecular flexibility index (Phi) is 44.2. The molecule has 0 radical (unpaired) electrons. The van der Waals surface area contributed by atoms with Crippen LogP contribution in [0.1, 0.15) is 252 Å². The number of rotatable bonds is 46. The maximum Gasteiger partial charge on any atom is 0.305 e. The van der Waals surface area contributed by atoms with E-state index in [4.69, 9.17) is 9.47 Å². The molecule has 1 unspecified atom stereocenters. The minimum absolute atomic E-state index is 0.0601. The molecule has 0 aromatic rings. The molecule has 1 amide bonds. The molecule has 0 heterocycles. The Labute approximate surface area is 379 Å². The first kappa shape index (κ1) is 58.9. The van der Waals surface area contributed by atoms with E-state index in [2.05, 4.69) is 56.9 Å². The van der Waals surface area contributed by atoms with Crippen molar-refractivity contribution in [2.45, 2.75) is 258 Å². The Morgan fingerprint density at radius 2 is 0.803 bits per heavy atom. The van der Waals surface area contributed by atoms with E-state index in [9.17, 15) is 14.4 Å². The zero-order valence-corrected chi connectivity index (χ0v) is 41.5. The summed E-state index contributed by atoms with van der Waals surface area (Å²) < 4.78 is 11.8. The van der Waals surface area contributed by atoms with Gasteiger partial charge in [-0.15, -0.1) is 0 Å². The summed E-state index contributed by atoms with van der Waals surface area (Å²) in [6.45, 7) is 10.3. The fraction of sp³-hybridized carbons (Fsp3) is 0.870. The van der Waals surface area contributed by atoms with Crippen LogP contribution in [0.3, 0.4) is 0 Å². The Bertz CT molecular complexity index is 986. The number of nitrogens with zero attached hydrogens (tertiary/aromatic N) is 2. The van der Waals surface area contributed by atoms with Crippen LogP contribution >= 0.6 is 0 Å². The number of unbranched alkanes of at least 4 members (excludes halogenated alkanes) is 25. The summed E-state index contributed by atoms with van der Waals surface area (Å²) in [5.41, 5.74) is 0. The number of hydrogen-bond donors (Lipinski definition) is 0. The van der Waals surface area contributed by atoms with Gasteiger partial charge in [-0.05, 0) is 104 Å². The van der Waals surface area contributed by atoms with Crippen molar-refractivity contribution in [1.29, 1.82) is 0 Å². The van der Waals surface area contributed by atoms with E-state index in [-0.39, 0.29) is 37.0 Å². The van der Waals surface area contributed by atoms with E-state index < -0.39 is 6.04 Å². The number of carbonyl (C=O) groups is 3. The largest absolute Gasteiger partial charge is 0.463 e. The highest BCUT2D eigenvalue weighted by Gasteiger charge is 2.30. The number of esters is 2. The smallest absolute Gasteiger partial charge is 0.305 e. The number of carbonyl (C=O) groups excluding carboxylic acids is 3. The van der Waals surface area contributed by atoms with Crippen LogP contribution in [0.25, 0.3) is 0 Å². The van der Waals surface area contributed by atoms with Gasteiger partial charge in [0.05, 0.1) is 6.04 Å². The molecule has 1 atom stereocenters. The fourth-order valence-corrected chi connectivity index (χ4v) is 8.02. The second-order valence-electron chi connectivity index (χ2n) is 18.3. The molecule has 61 heavy (non-hydrogen) atoms. The van der Waals surface area contributed by atoms with Crippen molar-refractivity contribution in [3.63, 3.8) is 0 Å². The van der Waals surface area contributed by atoms with Crippen LogP contribution in [0.5, 0.6) is 0 Å². The summed E-state index contributed by atoms with van der Waals surface area (Å²) in [6.07, 6.45) is 48.6. The van der Waals surface area contributed by atoms with Gasteiger partial charge in [0.1, 0.15) is 13.2 Å². The van der Waals surface area contributed by atoms with Crippen molar-refractivity contribution in [2.24, 2.45) is 5.92 Å². The van der Waals surface area contributed by atoms with Crippen molar-refractivity contribution >= 4 is 17.8 Å². The van der Waals surface area contributed by atoms with Crippen LogP contribution in [-0.2, 0) is 23.9 Å². The van der Waals surface area contributed by atoms with Gasteiger partial charge in [-0.3, -0.25) is 14.4 Å². The average Bonchev–Trinajstić information content (AvgIpc) is 3.25. The van der Waals surface area contributed by atoms with Crippen molar-refractivity contribution in [2.75, 3.05) is 40.4 Å².